The van der Waals surface area contributed by atoms with Gasteiger partial charge in [-0.2, -0.15) is 0 Å². The van der Waals surface area contributed by atoms with Gasteiger partial charge in [-0.1, -0.05) is 18.2 Å². The highest BCUT2D eigenvalue weighted by molar-refractivity contribution is 5.43. The Labute approximate surface area is 91.8 Å². The van der Waals surface area contributed by atoms with Gasteiger partial charge in [0.25, 0.3) is 0 Å². The van der Waals surface area contributed by atoms with Crippen LogP contribution in [0.3, 0.4) is 0 Å². The van der Waals surface area contributed by atoms with Crippen molar-refractivity contribution in [3.05, 3.63) is 30.3 Å². The summed E-state index contributed by atoms with van der Waals surface area (Å²) in [7, 11) is 0. The summed E-state index contributed by atoms with van der Waals surface area (Å²) in [5, 5.41) is 1.70. The molecule has 0 amide bonds. The molecule has 0 aliphatic heterocycles. The number of hydrazine groups is 1. The summed E-state index contributed by atoms with van der Waals surface area (Å²) in [5.41, 5.74) is 0.910. The van der Waals surface area contributed by atoms with Gasteiger partial charge in [0.1, 0.15) is 0 Å². The van der Waals surface area contributed by atoms with E-state index in [4.69, 9.17) is 10.6 Å². The lowest BCUT2D eigenvalue weighted by atomic mass is 10.2. The predicted octanol–water partition coefficient (Wildman–Crippen LogP) is 2.18. The molecule has 0 bridgehead atoms. The highest BCUT2D eigenvalue weighted by Gasteiger charge is 2.10. The molecule has 0 aliphatic carbocycles. The van der Waals surface area contributed by atoms with E-state index in [1.54, 1.807) is 5.01 Å². The molecule has 3 nitrogen and oxygen atoms in total. The first-order chi connectivity index (χ1) is 6.99. The van der Waals surface area contributed by atoms with Crippen molar-refractivity contribution in [1.29, 1.82) is 0 Å². The van der Waals surface area contributed by atoms with Crippen molar-refractivity contribution in [1.82, 2.24) is 0 Å². The van der Waals surface area contributed by atoms with E-state index in [0.717, 1.165) is 5.69 Å². The van der Waals surface area contributed by atoms with Gasteiger partial charge in [0.05, 0.1) is 24.4 Å². The minimum absolute atomic E-state index is 0.0997. The van der Waals surface area contributed by atoms with E-state index in [9.17, 15) is 0 Å². The summed E-state index contributed by atoms with van der Waals surface area (Å²) in [6, 6.07) is 9.89. The molecule has 0 spiro atoms. The lowest BCUT2D eigenvalue weighted by molar-refractivity contribution is 0.00136. The Morgan fingerprint density at radius 2 is 1.80 bits per heavy atom. The zero-order chi connectivity index (χ0) is 11.3. The number of ether oxygens (including phenoxy) is 1. The third kappa shape index (κ3) is 4.81. The Hall–Kier alpha value is -1.06. The minimum Gasteiger partial charge on any atom is -0.374 e. The predicted molar refractivity (Wildman–Crippen MR) is 63.7 cm³/mol. The molecule has 1 aromatic rings. The molecule has 2 N–H and O–H groups in total. The summed E-state index contributed by atoms with van der Waals surface area (Å²) in [4.78, 5) is 0. The number of hydrogen-bond donors (Lipinski definition) is 1. The van der Waals surface area contributed by atoms with Crippen molar-refractivity contribution >= 4 is 5.69 Å². The fraction of sp³-hybridized carbons (Fsp3) is 0.500. The molecule has 1 aromatic carbocycles. The topological polar surface area (TPSA) is 38.5 Å². The van der Waals surface area contributed by atoms with Crippen molar-refractivity contribution in [3.63, 3.8) is 0 Å². The van der Waals surface area contributed by atoms with Gasteiger partial charge in [-0.3, -0.25) is 0 Å². The molecule has 15 heavy (non-hydrogen) atoms. The normalized spacial score (nSPS) is 11.5. The highest BCUT2D eigenvalue weighted by atomic mass is 16.5. The Bertz CT molecular complexity index is 279. The number of nitrogens with zero attached hydrogens (tertiary/aromatic N) is 1. The molecule has 0 aromatic heterocycles. The van der Waals surface area contributed by atoms with Crippen LogP contribution in [0.25, 0.3) is 0 Å². The molecule has 0 unspecified atom stereocenters. The van der Waals surface area contributed by atoms with E-state index in [-0.39, 0.29) is 5.60 Å². The Balaban J connectivity index is 2.34. The van der Waals surface area contributed by atoms with E-state index < -0.39 is 0 Å². The average molecular weight is 208 g/mol. The molecule has 84 valence electrons. The summed E-state index contributed by atoms with van der Waals surface area (Å²) < 4.78 is 5.60. The molecule has 0 atom stereocenters. The lowest BCUT2D eigenvalue weighted by Crippen LogP contribution is -2.36. The van der Waals surface area contributed by atoms with E-state index >= 15 is 0 Å². The van der Waals surface area contributed by atoms with E-state index in [2.05, 4.69) is 0 Å². The van der Waals surface area contributed by atoms with Crippen molar-refractivity contribution in [2.75, 3.05) is 18.2 Å². The number of benzene rings is 1. The summed E-state index contributed by atoms with van der Waals surface area (Å²) in [6.07, 6.45) is 0. The lowest BCUT2D eigenvalue weighted by Gasteiger charge is -2.23. The van der Waals surface area contributed by atoms with Crippen LogP contribution in [0.15, 0.2) is 30.3 Å². The van der Waals surface area contributed by atoms with Gasteiger partial charge >= 0.3 is 0 Å². The maximum atomic E-state index is 5.88. The van der Waals surface area contributed by atoms with Gasteiger partial charge in [-0.25, -0.2) is 5.84 Å². The zero-order valence-electron chi connectivity index (χ0n) is 9.73. The third-order valence-electron chi connectivity index (χ3n) is 1.96. The fourth-order valence-corrected chi connectivity index (χ4v) is 1.20. The van der Waals surface area contributed by atoms with Crippen LogP contribution in [0.5, 0.6) is 0 Å². The van der Waals surface area contributed by atoms with Gasteiger partial charge < -0.3 is 9.75 Å². The second kappa shape index (κ2) is 5.14. The minimum atomic E-state index is -0.0997. The van der Waals surface area contributed by atoms with E-state index in [0.29, 0.717) is 13.2 Å². The van der Waals surface area contributed by atoms with Crippen LogP contribution in [-0.2, 0) is 4.74 Å². The second-order valence-corrected chi connectivity index (χ2v) is 4.49. The summed E-state index contributed by atoms with van der Waals surface area (Å²) in [5.74, 6) is 5.88. The number of rotatable bonds is 4. The fourth-order valence-electron chi connectivity index (χ4n) is 1.20. The Morgan fingerprint density at radius 3 is 2.33 bits per heavy atom. The van der Waals surface area contributed by atoms with Crippen LogP contribution in [0, 0.1) is 0 Å². The molecule has 3 heteroatoms. The maximum Gasteiger partial charge on any atom is 0.0664 e. The van der Waals surface area contributed by atoms with Gasteiger partial charge in [-0.05, 0) is 32.9 Å². The van der Waals surface area contributed by atoms with Crippen LogP contribution in [0.1, 0.15) is 20.8 Å². The SMILES string of the molecule is CC(C)(C)OCCN(N)c1ccccc1. The Morgan fingerprint density at radius 1 is 1.20 bits per heavy atom. The quantitative estimate of drug-likeness (QED) is 0.609. The second-order valence-electron chi connectivity index (χ2n) is 4.49. The van der Waals surface area contributed by atoms with Gasteiger partial charge in [0.2, 0.25) is 0 Å². The smallest absolute Gasteiger partial charge is 0.0664 e. The third-order valence-corrected chi connectivity index (χ3v) is 1.96. The van der Waals surface area contributed by atoms with Gasteiger partial charge in [0, 0.05) is 0 Å². The molecule has 0 saturated carbocycles. The number of hydrogen-bond acceptors (Lipinski definition) is 3. The summed E-state index contributed by atoms with van der Waals surface area (Å²) in [6.45, 7) is 7.44. The molecule has 0 fully saturated rings. The first-order valence-corrected chi connectivity index (χ1v) is 5.20. The van der Waals surface area contributed by atoms with Crippen molar-refractivity contribution in [2.45, 2.75) is 26.4 Å². The monoisotopic (exact) mass is 208 g/mol. The van der Waals surface area contributed by atoms with Crippen molar-refractivity contribution < 1.29 is 4.74 Å². The number of anilines is 1. The average Bonchev–Trinajstić information content (AvgIpc) is 2.17. The molecule has 0 radical (unpaired) electrons. The first kappa shape index (κ1) is 12.0. The van der Waals surface area contributed by atoms with Crippen LogP contribution in [-0.4, -0.2) is 18.8 Å². The van der Waals surface area contributed by atoms with Crippen molar-refractivity contribution in [3.8, 4) is 0 Å². The first-order valence-electron chi connectivity index (χ1n) is 5.20. The van der Waals surface area contributed by atoms with Crippen LogP contribution >= 0.6 is 0 Å². The molecule has 0 aliphatic rings. The van der Waals surface area contributed by atoms with Crippen molar-refractivity contribution in [2.24, 2.45) is 5.84 Å². The molecule has 0 heterocycles. The van der Waals surface area contributed by atoms with Crippen LogP contribution in [0.2, 0.25) is 0 Å². The standard InChI is InChI=1S/C12H20N2O/c1-12(2,3)15-10-9-14(13)11-7-5-4-6-8-11/h4-8H,9-10,13H2,1-3H3. The Kier molecular flexibility index (Phi) is 4.12. The molecule has 0 saturated heterocycles. The zero-order valence-corrected chi connectivity index (χ0v) is 9.73. The molecular formula is C12H20N2O. The maximum absolute atomic E-state index is 5.88. The summed E-state index contributed by atoms with van der Waals surface area (Å²) >= 11 is 0. The van der Waals surface area contributed by atoms with E-state index in [1.165, 1.54) is 0 Å². The van der Waals surface area contributed by atoms with E-state index in [1.807, 2.05) is 51.1 Å². The number of para-hydroxylation sites is 1. The van der Waals surface area contributed by atoms with Gasteiger partial charge in [0.15, 0.2) is 0 Å². The van der Waals surface area contributed by atoms with Crippen LogP contribution < -0.4 is 10.9 Å². The van der Waals surface area contributed by atoms with Gasteiger partial charge in [-0.15, -0.1) is 0 Å². The highest BCUT2D eigenvalue weighted by Crippen LogP contribution is 2.10. The molecular weight excluding hydrogens is 188 g/mol. The molecule has 1 rings (SSSR count). The van der Waals surface area contributed by atoms with Crippen LogP contribution in [0.4, 0.5) is 5.69 Å². The number of nitrogens with two attached hydrogens (primary N) is 1. The largest absolute Gasteiger partial charge is 0.374 e.